The van der Waals surface area contributed by atoms with Gasteiger partial charge < -0.3 is 0 Å². The van der Waals surface area contributed by atoms with Gasteiger partial charge in [0.25, 0.3) is 0 Å². The summed E-state index contributed by atoms with van der Waals surface area (Å²) in [4.78, 5) is 0. The lowest BCUT2D eigenvalue weighted by atomic mass is 10.3. The molecule has 2 aromatic carbocycles. The van der Waals surface area contributed by atoms with E-state index in [9.17, 15) is 0 Å². The third kappa shape index (κ3) is 2.26. The smallest absolute Gasteiger partial charge is 0.0857 e. The highest BCUT2D eigenvalue weighted by Gasteiger charge is 1.86. The van der Waals surface area contributed by atoms with Gasteiger partial charge in [0.2, 0.25) is 0 Å². The Kier molecular flexibility index (Phi) is 2.30. The predicted octanol–water partition coefficient (Wildman–Crippen LogP) is 4.10. The van der Waals surface area contributed by atoms with Crippen molar-refractivity contribution in [1.29, 1.82) is 0 Å². The van der Waals surface area contributed by atoms with E-state index < -0.39 is 0 Å². The van der Waals surface area contributed by atoms with Crippen molar-refractivity contribution in [2.45, 2.75) is 0 Å². The van der Waals surface area contributed by atoms with Crippen molar-refractivity contribution >= 4 is 11.4 Å². The molecule has 68 valence electrons. The maximum Gasteiger partial charge on any atom is 0.0857 e. The molecule has 0 aromatic heterocycles. The molecule has 0 N–H and O–H groups in total. The average Bonchev–Trinajstić information content (AvgIpc) is 2.30. The van der Waals surface area contributed by atoms with Gasteiger partial charge in [-0.1, -0.05) is 36.4 Å². The molecule has 0 saturated carbocycles. The Bertz CT molecular complexity index is 449. The first-order chi connectivity index (χ1) is 7.34. The first kappa shape index (κ1) is 7.44. The number of nitrogens with zero attached hydrogens (tertiary/aromatic N) is 2. The average molecular weight is 183 g/mol. The topological polar surface area (TPSA) is 24.7 Å². The summed E-state index contributed by atoms with van der Waals surface area (Å²) in [6.07, 6.45) is 0. The molecule has 2 aromatic rings. The van der Waals surface area contributed by atoms with Crippen LogP contribution in [0.5, 0.6) is 0 Å². The van der Waals surface area contributed by atoms with Crippen LogP contribution in [0, 0.1) is 0 Å². The van der Waals surface area contributed by atoms with E-state index in [2.05, 4.69) is 10.2 Å². The minimum absolute atomic E-state index is 0.480. The van der Waals surface area contributed by atoms with Crippen LogP contribution in [0.25, 0.3) is 0 Å². The van der Waals surface area contributed by atoms with Crippen LogP contribution in [-0.4, -0.2) is 0 Å². The lowest BCUT2D eigenvalue weighted by Gasteiger charge is -1.91. The van der Waals surface area contributed by atoms with E-state index in [1.807, 2.05) is 30.3 Å². The second-order valence-electron chi connectivity index (χ2n) is 2.79. The molecule has 0 saturated heterocycles. The van der Waals surface area contributed by atoms with Gasteiger partial charge in [-0.3, -0.25) is 0 Å². The highest BCUT2D eigenvalue weighted by molar-refractivity contribution is 5.39. The minimum Gasteiger partial charge on any atom is -0.151 e. The van der Waals surface area contributed by atoms with Crippen LogP contribution in [0.4, 0.5) is 11.4 Å². The lowest BCUT2D eigenvalue weighted by Crippen LogP contribution is -1.62. The lowest BCUT2D eigenvalue weighted by molar-refractivity contribution is 1.23. The molecular weight excluding hydrogens is 172 g/mol. The SMILES string of the molecule is [2H]c1ccc(N=Nc2ccccc2)cc1. The van der Waals surface area contributed by atoms with Gasteiger partial charge in [-0.05, 0) is 24.3 Å². The summed E-state index contributed by atoms with van der Waals surface area (Å²) < 4.78 is 7.32. The number of azo groups is 1. The molecule has 0 spiro atoms. The van der Waals surface area contributed by atoms with E-state index >= 15 is 0 Å². The molecule has 0 aliphatic heterocycles. The van der Waals surface area contributed by atoms with Crippen LogP contribution in [0.15, 0.2) is 70.9 Å². The van der Waals surface area contributed by atoms with Gasteiger partial charge in [0.15, 0.2) is 0 Å². The summed E-state index contributed by atoms with van der Waals surface area (Å²) in [5, 5.41) is 8.13. The molecule has 0 aliphatic carbocycles. The Hall–Kier alpha value is -1.96. The molecule has 2 heteroatoms. The van der Waals surface area contributed by atoms with Gasteiger partial charge >= 0.3 is 0 Å². The standard InChI is InChI=1S/C12H10N2/c1-3-7-11(8-4-1)13-14-12-9-5-2-6-10-12/h1-10H/i1D. The number of rotatable bonds is 2. The third-order valence-electron chi connectivity index (χ3n) is 1.74. The fourth-order valence-electron chi connectivity index (χ4n) is 1.05. The van der Waals surface area contributed by atoms with Crippen molar-refractivity contribution < 1.29 is 1.37 Å². The fraction of sp³-hybridized carbons (Fsp3) is 0. The van der Waals surface area contributed by atoms with Crippen LogP contribution in [0.2, 0.25) is 0 Å². The van der Waals surface area contributed by atoms with Crippen molar-refractivity contribution in [3.63, 3.8) is 0 Å². The molecule has 0 amide bonds. The monoisotopic (exact) mass is 183 g/mol. The van der Waals surface area contributed by atoms with Crippen LogP contribution in [0.1, 0.15) is 1.37 Å². The predicted molar refractivity (Wildman–Crippen MR) is 57.1 cm³/mol. The largest absolute Gasteiger partial charge is 0.151 e. The van der Waals surface area contributed by atoms with Gasteiger partial charge in [-0.15, -0.1) is 0 Å². The summed E-state index contributed by atoms with van der Waals surface area (Å²) >= 11 is 0. The van der Waals surface area contributed by atoms with Crippen molar-refractivity contribution in [3.05, 3.63) is 60.6 Å². The van der Waals surface area contributed by atoms with Gasteiger partial charge in [-0.25, -0.2) is 0 Å². The fourth-order valence-corrected chi connectivity index (χ4v) is 1.05. The zero-order valence-corrected chi connectivity index (χ0v) is 7.59. The molecule has 2 nitrogen and oxygen atoms in total. The van der Waals surface area contributed by atoms with Crippen LogP contribution in [-0.2, 0) is 0 Å². The Morgan fingerprint density at radius 1 is 0.714 bits per heavy atom. The number of hydrogen-bond acceptors (Lipinski definition) is 2. The van der Waals surface area contributed by atoms with Gasteiger partial charge in [-0.2, -0.15) is 10.2 Å². The molecule has 0 radical (unpaired) electrons. The van der Waals surface area contributed by atoms with Gasteiger partial charge in [0.1, 0.15) is 0 Å². The minimum atomic E-state index is 0.480. The second kappa shape index (κ2) is 4.33. The molecule has 14 heavy (non-hydrogen) atoms. The van der Waals surface area contributed by atoms with Gasteiger partial charge in [0.05, 0.1) is 12.7 Å². The number of benzene rings is 2. The maximum absolute atomic E-state index is 7.32. The highest BCUT2D eigenvalue weighted by atomic mass is 15.1. The van der Waals surface area contributed by atoms with E-state index in [1.165, 1.54) is 0 Å². The molecule has 0 fully saturated rings. The molecular formula is C12H10N2. The zero-order chi connectivity index (χ0) is 10.5. The second-order valence-corrected chi connectivity index (χ2v) is 2.79. The van der Waals surface area contributed by atoms with Crippen molar-refractivity contribution in [3.8, 4) is 0 Å². The number of hydrogen-bond donors (Lipinski definition) is 0. The highest BCUT2D eigenvalue weighted by Crippen LogP contribution is 2.16. The summed E-state index contributed by atoms with van der Waals surface area (Å²) in [6, 6.07) is 17.0. The first-order valence-corrected chi connectivity index (χ1v) is 4.38. The summed E-state index contributed by atoms with van der Waals surface area (Å²) in [6.45, 7) is 0. The van der Waals surface area contributed by atoms with E-state index in [-0.39, 0.29) is 0 Å². The molecule has 0 bridgehead atoms. The van der Waals surface area contributed by atoms with Crippen molar-refractivity contribution in [2.24, 2.45) is 10.2 Å². The maximum atomic E-state index is 7.32. The van der Waals surface area contributed by atoms with Gasteiger partial charge in [0, 0.05) is 0 Å². The Morgan fingerprint density at radius 2 is 1.21 bits per heavy atom. The van der Waals surface area contributed by atoms with E-state index in [4.69, 9.17) is 1.37 Å². The third-order valence-corrected chi connectivity index (χ3v) is 1.74. The van der Waals surface area contributed by atoms with Crippen LogP contribution in [0.3, 0.4) is 0 Å². The van der Waals surface area contributed by atoms with Crippen LogP contribution >= 0.6 is 0 Å². The Balaban J connectivity index is 2.15. The molecule has 0 unspecified atom stereocenters. The molecule has 0 atom stereocenters. The van der Waals surface area contributed by atoms with Crippen molar-refractivity contribution in [2.75, 3.05) is 0 Å². The van der Waals surface area contributed by atoms with E-state index in [0.717, 1.165) is 11.4 Å². The summed E-state index contributed by atoms with van der Waals surface area (Å²) in [7, 11) is 0. The summed E-state index contributed by atoms with van der Waals surface area (Å²) in [5.41, 5.74) is 1.59. The quantitative estimate of drug-likeness (QED) is 0.626. The van der Waals surface area contributed by atoms with E-state index in [1.54, 1.807) is 24.3 Å². The Labute approximate surface area is 84.3 Å². The molecule has 2 rings (SSSR count). The molecule has 0 aliphatic rings. The normalized spacial score (nSPS) is 11.6. The Morgan fingerprint density at radius 3 is 1.79 bits per heavy atom. The summed E-state index contributed by atoms with van der Waals surface area (Å²) in [5.74, 6) is 0. The zero-order valence-electron chi connectivity index (χ0n) is 8.59. The van der Waals surface area contributed by atoms with E-state index in [0.29, 0.717) is 6.04 Å². The molecule has 0 heterocycles. The van der Waals surface area contributed by atoms with Crippen molar-refractivity contribution in [1.82, 2.24) is 0 Å². The first-order valence-electron chi connectivity index (χ1n) is 4.88. The van der Waals surface area contributed by atoms with Crippen LogP contribution < -0.4 is 0 Å².